The summed E-state index contributed by atoms with van der Waals surface area (Å²) >= 11 is 5.80. The predicted octanol–water partition coefficient (Wildman–Crippen LogP) is 3.09. The summed E-state index contributed by atoms with van der Waals surface area (Å²) in [6.45, 7) is 0.232. The Bertz CT molecular complexity index is 937. The number of carbonyl (C=O) groups excluding carboxylic acids is 3. The fourth-order valence-corrected chi connectivity index (χ4v) is 2.27. The summed E-state index contributed by atoms with van der Waals surface area (Å²) in [6.07, 6.45) is 0. The third-order valence-corrected chi connectivity index (χ3v) is 3.67. The van der Waals surface area contributed by atoms with Gasteiger partial charge in [-0.3, -0.25) is 14.4 Å². The van der Waals surface area contributed by atoms with E-state index in [1.807, 2.05) is 5.32 Å². The molecule has 0 unspecified atom stereocenters. The number of hydrogen-bond donors (Lipinski definition) is 2. The largest absolute Gasteiger partial charge is 0.483 e. The van der Waals surface area contributed by atoms with Crippen LogP contribution in [-0.4, -0.2) is 30.7 Å². The number of carbonyl (C=O) groups is 3. The van der Waals surface area contributed by atoms with Crippen LogP contribution in [0.25, 0.3) is 0 Å². The van der Waals surface area contributed by atoms with Crippen LogP contribution in [0.1, 0.15) is 17.3 Å². The summed E-state index contributed by atoms with van der Waals surface area (Å²) in [5.74, 6) is -6.42. The third kappa shape index (κ3) is 5.46. The second kappa shape index (κ2) is 9.23. The Kier molecular flexibility index (Phi) is 7.00. The van der Waals surface area contributed by atoms with Gasteiger partial charge in [0.15, 0.2) is 29.8 Å². The van der Waals surface area contributed by atoms with Crippen LogP contribution in [0.5, 0.6) is 5.75 Å². The first kappa shape index (κ1) is 21.2. The molecule has 0 aliphatic rings. The topological polar surface area (TPSA) is 84.5 Å². The highest BCUT2D eigenvalue weighted by molar-refractivity contribution is 6.31. The van der Waals surface area contributed by atoms with E-state index < -0.39 is 48.1 Å². The van der Waals surface area contributed by atoms with Crippen molar-refractivity contribution in [3.8, 4) is 5.75 Å². The lowest BCUT2D eigenvalue weighted by Gasteiger charge is -2.11. The number of rotatable bonds is 7. The standard InChI is InChI=1S/C18H14ClF3N2O4/c1-9(25)11-6-10(19)2-5-14(11)28-8-16(27)23-7-15(26)24-13-4-3-12(20)17(21)18(13)22/h2-6H,7-8H2,1H3,(H,23,27)(H,24,26). The van der Waals surface area contributed by atoms with Crippen LogP contribution in [0.3, 0.4) is 0 Å². The van der Waals surface area contributed by atoms with E-state index in [4.69, 9.17) is 16.3 Å². The Morgan fingerprint density at radius 3 is 2.43 bits per heavy atom. The van der Waals surface area contributed by atoms with E-state index >= 15 is 0 Å². The molecule has 28 heavy (non-hydrogen) atoms. The van der Waals surface area contributed by atoms with Crippen LogP contribution >= 0.6 is 11.6 Å². The Hall–Kier alpha value is -3.07. The Balaban J connectivity index is 1.87. The summed E-state index contributed by atoms with van der Waals surface area (Å²) < 4.78 is 44.7. The molecule has 2 aromatic carbocycles. The van der Waals surface area contributed by atoms with Gasteiger partial charge in [-0.1, -0.05) is 11.6 Å². The molecule has 0 fully saturated rings. The van der Waals surface area contributed by atoms with Crippen LogP contribution in [-0.2, 0) is 9.59 Å². The lowest BCUT2D eigenvalue weighted by Crippen LogP contribution is -2.36. The fourth-order valence-electron chi connectivity index (χ4n) is 2.09. The average Bonchev–Trinajstić information content (AvgIpc) is 2.65. The summed E-state index contributed by atoms with van der Waals surface area (Å²) in [5, 5.41) is 4.53. The molecule has 2 amide bonds. The van der Waals surface area contributed by atoms with E-state index in [0.29, 0.717) is 11.1 Å². The van der Waals surface area contributed by atoms with Gasteiger partial charge in [-0.05, 0) is 37.3 Å². The van der Waals surface area contributed by atoms with Gasteiger partial charge in [0.25, 0.3) is 5.91 Å². The van der Waals surface area contributed by atoms with E-state index in [9.17, 15) is 27.6 Å². The first-order valence-electron chi connectivity index (χ1n) is 7.82. The number of anilines is 1. The van der Waals surface area contributed by atoms with E-state index in [0.717, 1.165) is 6.07 Å². The minimum atomic E-state index is -1.72. The van der Waals surface area contributed by atoms with Crippen LogP contribution in [0.2, 0.25) is 5.02 Å². The average molecular weight is 415 g/mol. The van der Waals surface area contributed by atoms with Crippen molar-refractivity contribution >= 4 is 34.9 Å². The molecule has 0 heterocycles. The predicted molar refractivity (Wildman–Crippen MR) is 94.9 cm³/mol. The number of ether oxygens (including phenoxy) is 1. The van der Waals surface area contributed by atoms with Crippen molar-refractivity contribution in [1.29, 1.82) is 0 Å². The lowest BCUT2D eigenvalue weighted by atomic mass is 10.1. The normalized spacial score (nSPS) is 10.3. The molecule has 10 heteroatoms. The second-order valence-corrected chi connectivity index (χ2v) is 5.97. The summed E-state index contributed by atoms with van der Waals surface area (Å²) in [6, 6.07) is 5.79. The number of benzene rings is 2. The SMILES string of the molecule is CC(=O)c1cc(Cl)ccc1OCC(=O)NCC(=O)Nc1ccc(F)c(F)c1F. The highest BCUT2D eigenvalue weighted by Gasteiger charge is 2.16. The van der Waals surface area contributed by atoms with E-state index in [2.05, 4.69) is 5.32 Å². The van der Waals surface area contributed by atoms with Crippen molar-refractivity contribution in [3.05, 3.63) is 58.4 Å². The second-order valence-electron chi connectivity index (χ2n) is 5.53. The van der Waals surface area contributed by atoms with Crippen molar-refractivity contribution in [2.75, 3.05) is 18.5 Å². The molecule has 0 atom stereocenters. The van der Waals surface area contributed by atoms with Crippen molar-refractivity contribution < 1.29 is 32.3 Å². The first-order valence-corrected chi connectivity index (χ1v) is 8.20. The molecular formula is C18H14ClF3N2O4. The number of amides is 2. The minimum absolute atomic E-state index is 0.139. The number of nitrogens with one attached hydrogen (secondary N) is 2. The van der Waals surface area contributed by atoms with Gasteiger partial charge in [-0.15, -0.1) is 0 Å². The van der Waals surface area contributed by atoms with Crippen LogP contribution < -0.4 is 15.4 Å². The lowest BCUT2D eigenvalue weighted by molar-refractivity contribution is -0.125. The zero-order chi connectivity index (χ0) is 20.8. The molecule has 6 nitrogen and oxygen atoms in total. The molecule has 148 valence electrons. The first-order chi connectivity index (χ1) is 13.2. The van der Waals surface area contributed by atoms with Gasteiger partial charge in [0.1, 0.15) is 5.75 Å². The van der Waals surface area contributed by atoms with E-state index in [-0.39, 0.29) is 17.1 Å². The summed E-state index contributed by atoms with van der Waals surface area (Å²) in [5.41, 5.74) is -0.381. The Morgan fingerprint density at radius 2 is 1.75 bits per heavy atom. The van der Waals surface area contributed by atoms with Crippen molar-refractivity contribution in [2.24, 2.45) is 0 Å². The molecule has 0 radical (unpaired) electrons. The van der Waals surface area contributed by atoms with Gasteiger partial charge in [0.05, 0.1) is 17.8 Å². The fraction of sp³-hybridized carbons (Fsp3) is 0.167. The molecule has 0 aliphatic heterocycles. The quantitative estimate of drug-likeness (QED) is 0.538. The van der Waals surface area contributed by atoms with Gasteiger partial charge >= 0.3 is 0 Å². The highest BCUT2D eigenvalue weighted by Crippen LogP contribution is 2.23. The molecule has 0 bridgehead atoms. The van der Waals surface area contributed by atoms with Gasteiger partial charge in [-0.25, -0.2) is 13.2 Å². The van der Waals surface area contributed by atoms with Gasteiger partial charge in [0.2, 0.25) is 5.91 Å². The van der Waals surface area contributed by atoms with Gasteiger partial charge in [-0.2, -0.15) is 0 Å². The molecule has 2 N–H and O–H groups in total. The molecular weight excluding hydrogens is 401 g/mol. The van der Waals surface area contributed by atoms with E-state index in [1.165, 1.54) is 25.1 Å². The number of halogens is 4. The molecule has 0 saturated heterocycles. The molecule has 0 aromatic heterocycles. The smallest absolute Gasteiger partial charge is 0.258 e. The van der Waals surface area contributed by atoms with Gasteiger partial charge < -0.3 is 15.4 Å². The maximum atomic E-state index is 13.5. The zero-order valence-corrected chi connectivity index (χ0v) is 15.2. The Morgan fingerprint density at radius 1 is 1.04 bits per heavy atom. The van der Waals surface area contributed by atoms with Crippen LogP contribution in [0, 0.1) is 17.5 Å². The highest BCUT2D eigenvalue weighted by atomic mass is 35.5. The maximum Gasteiger partial charge on any atom is 0.258 e. The minimum Gasteiger partial charge on any atom is -0.483 e. The molecule has 2 rings (SSSR count). The van der Waals surface area contributed by atoms with Crippen LogP contribution in [0.4, 0.5) is 18.9 Å². The van der Waals surface area contributed by atoms with Crippen molar-refractivity contribution in [1.82, 2.24) is 5.32 Å². The molecule has 2 aromatic rings. The summed E-state index contributed by atoms with van der Waals surface area (Å²) in [7, 11) is 0. The molecule has 0 saturated carbocycles. The Labute approximate surface area is 162 Å². The van der Waals surface area contributed by atoms with Crippen LogP contribution in [0.15, 0.2) is 30.3 Å². The third-order valence-electron chi connectivity index (χ3n) is 3.44. The zero-order valence-electron chi connectivity index (χ0n) is 14.4. The number of ketones is 1. The summed E-state index contributed by atoms with van der Waals surface area (Å²) in [4.78, 5) is 35.0. The number of Topliss-reactive ketones (excluding diaryl/α,β-unsaturated/α-hetero) is 1. The molecule has 0 aliphatic carbocycles. The number of hydrogen-bond acceptors (Lipinski definition) is 4. The van der Waals surface area contributed by atoms with Crippen molar-refractivity contribution in [2.45, 2.75) is 6.92 Å². The van der Waals surface area contributed by atoms with Crippen molar-refractivity contribution in [3.63, 3.8) is 0 Å². The van der Waals surface area contributed by atoms with Gasteiger partial charge in [0, 0.05) is 5.02 Å². The maximum absolute atomic E-state index is 13.5. The van der Waals surface area contributed by atoms with E-state index in [1.54, 1.807) is 0 Å². The monoisotopic (exact) mass is 414 g/mol. The molecule has 0 spiro atoms.